The molecule has 108 valence electrons. The van der Waals surface area contributed by atoms with Crippen molar-refractivity contribution in [3.63, 3.8) is 0 Å². The smallest absolute Gasteiger partial charge is 0.322 e. The minimum absolute atomic E-state index is 0.635. The molecule has 0 amide bonds. The summed E-state index contributed by atoms with van der Waals surface area (Å²) in [5.74, 6) is 0. The van der Waals surface area contributed by atoms with Crippen LogP contribution in [0.4, 0.5) is 0 Å². The molecule has 0 radical (unpaired) electrons. The van der Waals surface area contributed by atoms with E-state index < -0.39 is 9.28 Å². The van der Waals surface area contributed by atoms with Crippen LogP contribution in [0.3, 0.4) is 0 Å². The molecule has 18 heavy (non-hydrogen) atoms. The minimum Gasteiger partial charge on any atom is -0.396 e. The average molecular weight is 273 g/mol. The molecule has 1 aliphatic rings. The number of rotatable bonds is 9. The lowest BCUT2D eigenvalue weighted by atomic mass is 10.1. The van der Waals surface area contributed by atoms with Crippen molar-refractivity contribution < 1.29 is 8.85 Å². The Bertz CT molecular complexity index is 190. The van der Waals surface area contributed by atoms with Crippen molar-refractivity contribution in [1.82, 2.24) is 4.90 Å². The van der Waals surface area contributed by atoms with Gasteiger partial charge in [-0.15, -0.1) is 0 Å². The molecule has 1 saturated heterocycles. The summed E-state index contributed by atoms with van der Waals surface area (Å²) in [6.45, 7) is 10.9. The summed E-state index contributed by atoms with van der Waals surface area (Å²) >= 11 is 0. The Morgan fingerprint density at radius 1 is 1.00 bits per heavy atom. The van der Waals surface area contributed by atoms with Crippen LogP contribution in [0.15, 0.2) is 0 Å². The van der Waals surface area contributed by atoms with Gasteiger partial charge >= 0.3 is 9.28 Å². The zero-order chi connectivity index (χ0) is 13.2. The largest absolute Gasteiger partial charge is 0.396 e. The molecule has 0 saturated carbocycles. The molecular weight excluding hydrogens is 242 g/mol. The monoisotopic (exact) mass is 273 g/mol. The fraction of sp³-hybridized carbons (Fsp3) is 1.00. The summed E-state index contributed by atoms with van der Waals surface area (Å²) in [5.41, 5.74) is 0. The van der Waals surface area contributed by atoms with Crippen molar-refractivity contribution in [2.75, 3.05) is 26.3 Å². The van der Waals surface area contributed by atoms with Crippen molar-refractivity contribution in [3.05, 3.63) is 0 Å². The molecule has 1 aliphatic heterocycles. The number of likely N-dealkylation sites (tertiary alicyclic amines) is 1. The lowest BCUT2D eigenvalue weighted by Gasteiger charge is -2.33. The Balaban J connectivity index is 2.31. The highest BCUT2D eigenvalue weighted by molar-refractivity contribution is 6.44. The first-order valence-corrected chi connectivity index (χ1v) is 9.51. The Labute approximate surface area is 115 Å². The Hall–Kier alpha value is 0.0969. The van der Waals surface area contributed by atoms with Gasteiger partial charge in [0, 0.05) is 25.3 Å². The maximum atomic E-state index is 5.94. The minimum atomic E-state index is -1.44. The van der Waals surface area contributed by atoms with E-state index in [9.17, 15) is 0 Å². The zero-order valence-corrected chi connectivity index (χ0v) is 13.6. The molecule has 1 unspecified atom stereocenters. The van der Waals surface area contributed by atoms with Gasteiger partial charge in [0.1, 0.15) is 0 Å². The van der Waals surface area contributed by atoms with E-state index in [2.05, 4.69) is 25.7 Å². The van der Waals surface area contributed by atoms with E-state index >= 15 is 0 Å². The third-order valence-electron chi connectivity index (χ3n) is 3.56. The summed E-state index contributed by atoms with van der Waals surface area (Å²) in [5, 5.41) is 0. The van der Waals surface area contributed by atoms with E-state index in [1.54, 1.807) is 0 Å². The molecule has 0 spiro atoms. The van der Waals surface area contributed by atoms with Crippen LogP contribution in [0.2, 0.25) is 6.04 Å². The first-order chi connectivity index (χ1) is 8.77. The molecule has 0 aromatic heterocycles. The predicted octanol–water partition coefficient (Wildman–Crippen LogP) is 2.93. The molecule has 3 nitrogen and oxygen atoms in total. The fourth-order valence-electron chi connectivity index (χ4n) is 2.47. The van der Waals surface area contributed by atoms with Gasteiger partial charge in [0.05, 0.1) is 0 Å². The van der Waals surface area contributed by atoms with E-state index in [0.29, 0.717) is 6.04 Å². The Morgan fingerprint density at radius 2 is 1.56 bits per heavy atom. The maximum Gasteiger partial charge on any atom is 0.322 e. The fourth-order valence-corrected chi connectivity index (χ4v) is 4.69. The standard InChI is InChI=1S/C14H31NO2Si/c1-4-11-16-18(17-12-5-2)13-14(3)15-9-7-6-8-10-15/h14,18H,4-13H2,1-3H3. The molecule has 1 heterocycles. The van der Waals surface area contributed by atoms with Crippen LogP contribution in [-0.4, -0.2) is 46.5 Å². The highest BCUT2D eigenvalue weighted by atomic mass is 28.3. The first-order valence-electron chi connectivity index (χ1n) is 7.75. The molecule has 4 heteroatoms. The normalized spacial score (nSPS) is 19.3. The number of nitrogens with zero attached hydrogens (tertiary/aromatic N) is 1. The van der Waals surface area contributed by atoms with E-state index in [1.165, 1.54) is 32.4 Å². The highest BCUT2D eigenvalue weighted by Gasteiger charge is 2.23. The van der Waals surface area contributed by atoms with E-state index in [0.717, 1.165) is 32.1 Å². The Morgan fingerprint density at radius 3 is 2.06 bits per heavy atom. The molecule has 1 rings (SSSR count). The van der Waals surface area contributed by atoms with Gasteiger partial charge in [-0.2, -0.15) is 0 Å². The molecule has 0 aliphatic carbocycles. The molecular formula is C14H31NO2Si. The lowest BCUT2D eigenvalue weighted by Crippen LogP contribution is -2.41. The van der Waals surface area contributed by atoms with Crippen molar-refractivity contribution in [3.8, 4) is 0 Å². The number of hydrogen-bond acceptors (Lipinski definition) is 3. The molecule has 0 aromatic rings. The van der Waals surface area contributed by atoms with Crippen LogP contribution < -0.4 is 0 Å². The molecule has 0 aromatic carbocycles. The van der Waals surface area contributed by atoms with Crippen LogP contribution in [-0.2, 0) is 8.85 Å². The second kappa shape index (κ2) is 9.95. The van der Waals surface area contributed by atoms with Crippen molar-refractivity contribution >= 4 is 9.28 Å². The van der Waals surface area contributed by atoms with Gasteiger partial charge in [-0.1, -0.05) is 20.3 Å². The van der Waals surface area contributed by atoms with Crippen LogP contribution in [0.5, 0.6) is 0 Å². The lowest BCUT2D eigenvalue weighted by molar-refractivity contribution is 0.157. The number of piperidine rings is 1. The quantitative estimate of drug-likeness (QED) is 0.603. The van der Waals surface area contributed by atoms with Crippen molar-refractivity contribution in [2.24, 2.45) is 0 Å². The molecule has 0 bridgehead atoms. The second-order valence-electron chi connectivity index (χ2n) is 5.35. The summed E-state index contributed by atoms with van der Waals surface area (Å²) in [6.07, 6.45) is 6.32. The molecule has 1 fully saturated rings. The van der Waals surface area contributed by atoms with Gasteiger partial charge in [0.25, 0.3) is 0 Å². The number of hydrogen-bond donors (Lipinski definition) is 0. The third-order valence-corrected chi connectivity index (χ3v) is 5.85. The third kappa shape index (κ3) is 6.32. The van der Waals surface area contributed by atoms with E-state index in [1.807, 2.05) is 0 Å². The first kappa shape index (κ1) is 16.2. The van der Waals surface area contributed by atoms with E-state index in [-0.39, 0.29) is 0 Å². The second-order valence-corrected chi connectivity index (χ2v) is 7.35. The average Bonchev–Trinajstić information content (AvgIpc) is 2.42. The summed E-state index contributed by atoms with van der Waals surface area (Å²) in [6, 6.07) is 1.77. The Kier molecular flexibility index (Phi) is 8.93. The van der Waals surface area contributed by atoms with Gasteiger partial charge < -0.3 is 13.8 Å². The summed E-state index contributed by atoms with van der Waals surface area (Å²) in [4.78, 5) is 2.62. The van der Waals surface area contributed by atoms with Gasteiger partial charge in [-0.25, -0.2) is 0 Å². The van der Waals surface area contributed by atoms with E-state index in [4.69, 9.17) is 8.85 Å². The van der Waals surface area contributed by atoms with Crippen molar-refractivity contribution in [1.29, 1.82) is 0 Å². The SMILES string of the molecule is CCCO[SiH](CC(C)N1CCCCC1)OCCC. The van der Waals surface area contributed by atoms with Gasteiger partial charge in [-0.3, -0.25) is 0 Å². The van der Waals surface area contributed by atoms with Crippen LogP contribution in [0.1, 0.15) is 52.9 Å². The van der Waals surface area contributed by atoms with Crippen molar-refractivity contribution in [2.45, 2.75) is 65.0 Å². The van der Waals surface area contributed by atoms with Gasteiger partial charge in [-0.05, 0) is 45.7 Å². The zero-order valence-electron chi connectivity index (χ0n) is 12.5. The maximum absolute atomic E-state index is 5.94. The van der Waals surface area contributed by atoms with Crippen LogP contribution in [0, 0.1) is 0 Å². The summed E-state index contributed by atoms with van der Waals surface area (Å²) < 4.78 is 11.9. The predicted molar refractivity (Wildman–Crippen MR) is 79.3 cm³/mol. The van der Waals surface area contributed by atoms with Gasteiger partial charge in [0.2, 0.25) is 0 Å². The van der Waals surface area contributed by atoms with Crippen LogP contribution >= 0.6 is 0 Å². The molecule has 0 N–H and O–H groups in total. The molecule has 1 atom stereocenters. The van der Waals surface area contributed by atoms with Gasteiger partial charge in [0.15, 0.2) is 0 Å². The van der Waals surface area contributed by atoms with Crippen LogP contribution in [0.25, 0.3) is 0 Å². The highest BCUT2D eigenvalue weighted by Crippen LogP contribution is 2.16. The summed E-state index contributed by atoms with van der Waals surface area (Å²) in [7, 11) is -1.44. The topological polar surface area (TPSA) is 21.7 Å².